The number of benzene rings is 4. The first-order chi connectivity index (χ1) is 43.9. The molecule has 2 saturated heterocycles. The predicted molar refractivity (Wildman–Crippen MR) is 341 cm³/mol. The molecule has 454 valence electrons. The summed E-state index contributed by atoms with van der Waals surface area (Å²) in [5.74, 6) is 0.550. The lowest BCUT2D eigenvalue weighted by Crippen LogP contribution is -2.33. The number of H-pyrrole nitrogens is 6. The molecule has 9 aliphatic rings. The molecule has 2 saturated carbocycles. The van der Waals surface area contributed by atoms with Crippen molar-refractivity contribution in [2.45, 2.75) is 70.6 Å². The molecule has 4 atom stereocenters. The number of likely N-dealkylation sites (tertiary alicyclic amines) is 2. The van der Waals surface area contributed by atoms with Gasteiger partial charge in [-0.3, -0.25) is 33.6 Å². The Hall–Kier alpha value is -10.6. The van der Waals surface area contributed by atoms with Crippen molar-refractivity contribution in [2.75, 3.05) is 61.6 Å². The number of methoxy groups -OCH3 is 2. The van der Waals surface area contributed by atoms with E-state index in [4.69, 9.17) is 9.47 Å². The first-order valence-electron chi connectivity index (χ1n) is 31.1. The Kier molecular flexibility index (Phi) is 10.7. The maximum absolute atomic E-state index is 14.0. The second-order valence-corrected chi connectivity index (χ2v) is 26.2. The standard InChI is InChI=1S/C36H30N6O4.C35H31N5O5/c1-17-11-22-20-8-10-41(30(20)6-3-25(22)37-17)34(45)28-13-24-33(39-28)31(44)14-32-36(24)15-19(36)16-42(32)35(46)27-12-23-21-7-9-40(18(2)43)29(21)5-4-26(23)38-27;1-16-9-21-20-7-8-39(26(20)6-5-23(21)36-16)33(42)25-12-22-31(38-25)27(41)13-29-35(22)14-19(35)15-40(29)34(43)24-10-18-11-28(44-3)17(2)32(45-4)30(18)37-24/h3-6,11-14,19,37-39H,7-10,15-16H2,1-2H3;5-6,9-13,19,36-38H,7-8,14-15H2,1-4H3. The Labute approximate surface area is 519 Å². The SMILES string of the molecule is CC(=O)N1CCc2c1ccc1[nH]c(C(=O)N3CC4CC45C3=CC(=O)c3[nH]c(C(=O)N4CCc6c4ccc4[nH]c(C)cc64)cc35)cc21.COc1cc2cc(C(=O)N3CC4CC45C3=CC(=O)c3[nH]c(C(=O)N4CCc6c4ccc4[nH]c(C)cc64)cc35)[nH]c2c(OC)c1C. The molecule has 91 heavy (non-hydrogen) atoms. The van der Waals surface area contributed by atoms with Gasteiger partial charge in [0.15, 0.2) is 0 Å². The number of piperidine rings is 2. The van der Waals surface area contributed by atoms with Crippen molar-refractivity contribution >= 4 is 102 Å². The van der Waals surface area contributed by atoms with Crippen molar-refractivity contribution in [3.63, 3.8) is 0 Å². The molecule has 11 heterocycles. The summed E-state index contributed by atoms with van der Waals surface area (Å²) >= 11 is 0. The first-order valence-corrected chi connectivity index (χ1v) is 31.1. The van der Waals surface area contributed by atoms with E-state index in [1.165, 1.54) is 0 Å². The smallest absolute Gasteiger partial charge is 0.274 e. The number of carbonyl (C=O) groups is 7. The monoisotopic (exact) mass is 1210 g/mol. The summed E-state index contributed by atoms with van der Waals surface area (Å²) in [5, 5.41) is 4.04. The zero-order chi connectivity index (χ0) is 62.2. The number of carbonyl (C=O) groups excluding carboxylic acids is 7. The van der Waals surface area contributed by atoms with E-state index in [1.54, 1.807) is 59.0 Å². The van der Waals surface area contributed by atoms with Crippen molar-refractivity contribution in [2.24, 2.45) is 11.8 Å². The lowest BCUT2D eigenvalue weighted by atomic mass is 9.85. The summed E-state index contributed by atoms with van der Waals surface area (Å²) < 4.78 is 11.2. The highest BCUT2D eigenvalue weighted by atomic mass is 16.5. The number of fused-ring (bicyclic) bond motifs is 12. The highest BCUT2D eigenvalue weighted by molar-refractivity contribution is 6.15. The van der Waals surface area contributed by atoms with E-state index in [0.717, 1.165) is 143 Å². The Balaban J connectivity index is 0.000000135. The molecule has 10 aromatic rings. The lowest BCUT2D eigenvalue weighted by Gasteiger charge is -2.27. The summed E-state index contributed by atoms with van der Waals surface area (Å²) in [6, 6.07) is 25.5. The van der Waals surface area contributed by atoms with Crippen LogP contribution in [0.15, 0.2) is 102 Å². The number of rotatable bonds is 6. The van der Waals surface area contributed by atoms with Crippen molar-refractivity contribution in [1.82, 2.24) is 39.7 Å². The minimum Gasteiger partial charge on any atom is -0.496 e. The van der Waals surface area contributed by atoms with E-state index in [9.17, 15) is 33.6 Å². The predicted octanol–water partition coefficient (Wildman–Crippen LogP) is 10.2. The first kappa shape index (κ1) is 53.4. The molecule has 20 heteroatoms. The van der Waals surface area contributed by atoms with Crippen LogP contribution in [0.3, 0.4) is 0 Å². The molecule has 4 aliphatic carbocycles. The molecule has 5 aliphatic heterocycles. The topological polar surface area (TPSA) is 249 Å². The average molecular weight is 1210 g/mol. The highest BCUT2D eigenvalue weighted by Gasteiger charge is 2.69. The third-order valence-electron chi connectivity index (χ3n) is 21.5. The number of nitrogens with one attached hydrogen (secondary N) is 6. The van der Waals surface area contributed by atoms with E-state index in [2.05, 4.69) is 42.0 Å². The number of ketones is 2. The van der Waals surface area contributed by atoms with E-state index < -0.39 is 10.8 Å². The molecule has 4 aromatic carbocycles. The number of nitrogens with zero attached hydrogens (tertiary/aromatic N) is 5. The second kappa shape index (κ2) is 18.3. The lowest BCUT2D eigenvalue weighted by molar-refractivity contribution is -0.116. The minimum absolute atomic E-state index is 0.00729. The quantitative estimate of drug-likeness (QED) is 0.0925. The van der Waals surface area contributed by atoms with Crippen molar-refractivity contribution in [1.29, 1.82) is 0 Å². The maximum Gasteiger partial charge on any atom is 0.274 e. The van der Waals surface area contributed by atoms with Gasteiger partial charge in [-0.25, -0.2) is 0 Å². The normalized spacial score (nSPS) is 21.7. The van der Waals surface area contributed by atoms with Crippen LogP contribution >= 0.6 is 0 Å². The molecular weight excluding hydrogens is 1150 g/mol. The van der Waals surface area contributed by atoms with E-state index in [-0.39, 0.29) is 52.9 Å². The van der Waals surface area contributed by atoms with Crippen LogP contribution in [0.25, 0.3) is 43.6 Å². The Morgan fingerprint density at radius 2 is 0.934 bits per heavy atom. The van der Waals surface area contributed by atoms with Crippen LogP contribution in [0, 0.1) is 32.6 Å². The van der Waals surface area contributed by atoms with Crippen molar-refractivity contribution in [3.05, 3.63) is 181 Å². The van der Waals surface area contributed by atoms with E-state index in [0.29, 0.717) is 84.1 Å². The molecule has 5 amide bonds. The van der Waals surface area contributed by atoms with Crippen LogP contribution in [-0.2, 0) is 34.9 Å². The number of hydrogen-bond acceptors (Lipinski definition) is 9. The van der Waals surface area contributed by atoms with Gasteiger partial charge in [-0.2, -0.15) is 0 Å². The Bertz CT molecular complexity index is 5170. The third kappa shape index (κ3) is 7.17. The molecule has 0 bridgehead atoms. The average Bonchev–Trinajstić information content (AvgIpc) is 1.51. The summed E-state index contributed by atoms with van der Waals surface area (Å²) in [4.78, 5) is 124. The minimum atomic E-state index is -0.449. The number of aromatic nitrogens is 6. The number of allylic oxidation sites excluding steroid dienone is 4. The molecule has 0 radical (unpaired) electrons. The number of aromatic amines is 6. The summed E-state index contributed by atoms with van der Waals surface area (Å²) in [7, 11) is 3.20. The van der Waals surface area contributed by atoms with Gasteiger partial charge >= 0.3 is 0 Å². The van der Waals surface area contributed by atoms with Gasteiger partial charge in [0.1, 0.15) is 34.3 Å². The Morgan fingerprint density at radius 1 is 0.495 bits per heavy atom. The largest absolute Gasteiger partial charge is 0.496 e. The van der Waals surface area contributed by atoms with Gasteiger partial charge in [-0.05, 0) is 171 Å². The number of aryl methyl sites for hydroxylation is 2. The third-order valence-corrected chi connectivity index (χ3v) is 21.5. The number of amides is 5. The van der Waals surface area contributed by atoms with Gasteiger partial charge in [0.05, 0.1) is 31.1 Å². The van der Waals surface area contributed by atoms with E-state index >= 15 is 0 Å². The van der Waals surface area contributed by atoms with Crippen LogP contribution in [0.5, 0.6) is 11.5 Å². The van der Waals surface area contributed by atoms with Gasteiger partial charge in [-0.1, -0.05) is 0 Å². The Morgan fingerprint density at radius 3 is 1.42 bits per heavy atom. The number of hydrogen-bond donors (Lipinski definition) is 6. The molecular formula is C71H61N11O9. The number of ether oxygens (including phenoxy) is 2. The molecule has 6 aromatic heterocycles. The fraction of sp³-hybridized carbons (Fsp3) is 0.282. The van der Waals surface area contributed by atoms with Crippen LogP contribution in [0.4, 0.5) is 17.1 Å². The fourth-order valence-electron chi connectivity index (χ4n) is 17.2. The second-order valence-electron chi connectivity index (χ2n) is 26.2. The van der Waals surface area contributed by atoms with Crippen LogP contribution < -0.4 is 24.2 Å². The van der Waals surface area contributed by atoms with Gasteiger partial charge < -0.3 is 63.9 Å². The van der Waals surface area contributed by atoms with Crippen LogP contribution in [0.1, 0.15) is 127 Å². The summed E-state index contributed by atoms with van der Waals surface area (Å²) in [5.41, 5.74) is 17.6. The van der Waals surface area contributed by atoms with Gasteiger partial charge in [0.25, 0.3) is 23.6 Å². The molecule has 6 N–H and O–H groups in total. The van der Waals surface area contributed by atoms with Crippen molar-refractivity contribution in [3.8, 4) is 11.5 Å². The zero-order valence-electron chi connectivity index (χ0n) is 50.8. The number of anilines is 3. The van der Waals surface area contributed by atoms with E-state index in [1.807, 2.05) is 86.3 Å². The van der Waals surface area contributed by atoms with Crippen LogP contribution in [0.2, 0.25) is 0 Å². The maximum atomic E-state index is 14.0. The molecule has 2 spiro atoms. The van der Waals surface area contributed by atoms with Gasteiger partial charge in [0, 0.05) is 146 Å². The van der Waals surface area contributed by atoms with Crippen LogP contribution in [-0.4, -0.2) is 128 Å². The molecule has 19 rings (SSSR count). The fourth-order valence-corrected chi connectivity index (χ4v) is 17.2. The molecule has 4 fully saturated rings. The van der Waals surface area contributed by atoms with Gasteiger partial charge in [-0.15, -0.1) is 0 Å². The highest BCUT2D eigenvalue weighted by Crippen LogP contribution is 2.68. The summed E-state index contributed by atoms with van der Waals surface area (Å²) in [6.45, 7) is 10.4. The molecule has 20 nitrogen and oxygen atoms in total. The zero-order valence-corrected chi connectivity index (χ0v) is 50.8. The molecule has 4 unspecified atom stereocenters. The van der Waals surface area contributed by atoms with Gasteiger partial charge in [0.2, 0.25) is 17.5 Å². The van der Waals surface area contributed by atoms with Crippen molar-refractivity contribution < 1.29 is 43.0 Å². The summed E-state index contributed by atoms with van der Waals surface area (Å²) in [6.07, 6.45) is 7.15.